The molecular formula is C36H46N4O6S. The van der Waals surface area contributed by atoms with E-state index in [1.165, 1.54) is 4.31 Å². The number of benzene rings is 1. The van der Waals surface area contributed by atoms with Gasteiger partial charge in [-0.15, -0.1) is 0 Å². The minimum Gasteiger partial charge on any atom is -0.437 e. The number of carbonyl (C=O) groups is 2. The van der Waals surface area contributed by atoms with Crippen molar-refractivity contribution in [3.8, 4) is 11.3 Å². The van der Waals surface area contributed by atoms with E-state index < -0.39 is 22.0 Å². The van der Waals surface area contributed by atoms with Gasteiger partial charge in [-0.25, -0.2) is 8.42 Å². The fourth-order valence-corrected chi connectivity index (χ4v) is 6.40. The molecule has 2 atom stereocenters. The van der Waals surface area contributed by atoms with Crippen molar-refractivity contribution in [2.75, 3.05) is 30.8 Å². The summed E-state index contributed by atoms with van der Waals surface area (Å²) in [5.41, 5.74) is 3.84. The normalized spacial score (nSPS) is 14.9. The van der Waals surface area contributed by atoms with E-state index in [9.17, 15) is 23.1 Å². The number of carbonyl (C=O) groups excluding carboxylic acids is 2. The summed E-state index contributed by atoms with van der Waals surface area (Å²) in [6.07, 6.45) is 11.6. The molecule has 2 heterocycles. The molecule has 0 saturated heterocycles. The van der Waals surface area contributed by atoms with Gasteiger partial charge in [0.25, 0.3) is 5.91 Å². The number of nitrogens with one attached hydrogen (secondary N) is 2. The number of aromatic nitrogens is 1. The minimum absolute atomic E-state index is 0.110. The third-order valence-corrected chi connectivity index (χ3v) is 9.43. The molecule has 0 aliphatic heterocycles. The SMILES string of the molecule is C=C(/C=C\C=C/C)C[C@H](CO)NC(=O)[C@H](C)CCCN(c1nc2oc(-c3ccc(C)cc3)c(C(=O)NC)c2cc1C1CC1)S(C)(=O)=O. The van der Waals surface area contributed by atoms with Gasteiger partial charge >= 0.3 is 0 Å². The number of furan rings is 1. The van der Waals surface area contributed by atoms with Gasteiger partial charge in [0.2, 0.25) is 21.6 Å². The van der Waals surface area contributed by atoms with Crippen molar-refractivity contribution >= 4 is 38.8 Å². The molecule has 0 unspecified atom stereocenters. The molecular weight excluding hydrogens is 616 g/mol. The number of aliphatic hydroxyl groups is 1. The first kappa shape index (κ1) is 35.6. The summed E-state index contributed by atoms with van der Waals surface area (Å²) in [4.78, 5) is 30.8. The van der Waals surface area contributed by atoms with Gasteiger partial charge in [0.05, 0.1) is 29.9 Å². The molecule has 2 amide bonds. The van der Waals surface area contributed by atoms with Crippen molar-refractivity contribution in [1.29, 1.82) is 0 Å². The summed E-state index contributed by atoms with van der Waals surface area (Å²) in [5, 5.41) is 15.9. The lowest BCUT2D eigenvalue weighted by Crippen LogP contribution is -2.40. The summed E-state index contributed by atoms with van der Waals surface area (Å²) in [5.74, 6) is -0.191. The Morgan fingerprint density at radius 1 is 1.21 bits per heavy atom. The van der Waals surface area contributed by atoms with Gasteiger partial charge < -0.3 is 20.2 Å². The van der Waals surface area contributed by atoms with E-state index in [1.54, 1.807) is 14.0 Å². The van der Waals surface area contributed by atoms with Crippen LogP contribution in [0.4, 0.5) is 5.82 Å². The Morgan fingerprint density at radius 2 is 1.91 bits per heavy atom. The first-order chi connectivity index (χ1) is 22.4. The van der Waals surface area contributed by atoms with E-state index in [0.29, 0.717) is 41.5 Å². The van der Waals surface area contributed by atoms with Crippen molar-refractivity contribution in [3.63, 3.8) is 0 Å². The highest BCUT2D eigenvalue weighted by molar-refractivity contribution is 7.92. The second-order valence-electron chi connectivity index (χ2n) is 12.3. The number of aliphatic hydroxyl groups excluding tert-OH is 1. The summed E-state index contributed by atoms with van der Waals surface area (Å²) in [7, 11) is -2.21. The standard InChI is InChI=1S/C36H46N4O6S/c1-7-8-9-11-24(3)20-28(22-41)38-34(42)25(4)12-10-19-40(47(6,44)45)33-29(26-17-18-26)21-30-31(35(43)37-5)32(46-36(30)39-33)27-15-13-23(2)14-16-27/h7-9,11,13-16,21,25-26,28,41H,3,10,12,17-20,22H2,1-2,4-6H3,(H,37,43)(H,38,42)/b8-7-,11-9-/t25-,28-/m1/s1. The average molecular weight is 663 g/mol. The van der Waals surface area contributed by atoms with E-state index >= 15 is 0 Å². The van der Waals surface area contributed by atoms with E-state index in [4.69, 9.17) is 9.40 Å². The zero-order chi connectivity index (χ0) is 34.3. The highest BCUT2D eigenvalue weighted by Crippen LogP contribution is 2.46. The summed E-state index contributed by atoms with van der Waals surface area (Å²) >= 11 is 0. The molecule has 252 valence electrons. The number of sulfonamides is 1. The molecule has 1 aromatic carbocycles. The number of fused-ring (bicyclic) bond motifs is 1. The molecule has 1 aliphatic carbocycles. The Morgan fingerprint density at radius 3 is 2.51 bits per heavy atom. The van der Waals surface area contributed by atoms with Crippen molar-refractivity contribution in [2.45, 2.75) is 64.8 Å². The number of rotatable bonds is 16. The van der Waals surface area contributed by atoms with Crippen LogP contribution in [0.15, 0.2) is 71.2 Å². The third-order valence-electron chi connectivity index (χ3n) is 8.27. The fraction of sp³-hybridized carbons (Fsp3) is 0.417. The molecule has 10 nitrogen and oxygen atoms in total. The smallest absolute Gasteiger partial charge is 0.255 e. The van der Waals surface area contributed by atoms with Crippen molar-refractivity contribution < 1.29 is 27.5 Å². The minimum atomic E-state index is -3.77. The highest BCUT2D eigenvalue weighted by atomic mass is 32.2. The molecule has 2 aromatic heterocycles. The van der Waals surface area contributed by atoms with Gasteiger partial charge in [-0.3, -0.25) is 13.9 Å². The van der Waals surface area contributed by atoms with Crippen LogP contribution >= 0.6 is 0 Å². The second kappa shape index (κ2) is 15.6. The number of hydrogen-bond acceptors (Lipinski definition) is 7. The first-order valence-electron chi connectivity index (χ1n) is 16.0. The molecule has 0 radical (unpaired) electrons. The lowest BCUT2D eigenvalue weighted by atomic mass is 10.0. The largest absolute Gasteiger partial charge is 0.437 e. The number of hydrogen-bond donors (Lipinski definition) is 3. The van der Waals surface area contributed by atoms with E-state index in [-0.39, 0.29) is 42.4 Å². The molecule has 4 rings (SSSR count). The maximum absolute atomic E-state index is 13.2. The van der Waals surface area contributed by atoms with Gasteiger partial charge in [-0.1, -0.05) is 73.2 Å². The number of nitrogens with zero attached hydrogens (tertiary/aromatic N) is 2. The van der Waals surface area contributed by atoms with Gasteiger partial charge in [0.15, 0.2) is 0 Å². The van der Waals surface area contributed by atoms with E-state index in [2.05, 4.69) is 17.2 Å². The Bertz CT molecular complexity index is 1770. The van der Waals surface area contributed by atoms with Crippen LogP contribution in [0.2, 0.25) is 0 Å². The van der Waals surface area contributed by atoms with Crippen molar-refractivity contribution in [1.82, 2.24) is 15.6 Å². The van der Waals surface area contributed by atoms with Crippen LogP contribution < -0.4 is 14.9 Å². The first-order valence-corrected chi connectivity index (χ1v) is 17.8. The van der Waals surface area contributed by atoms with E-state index in [0.717, 1.165) is 35.8 Å². The molecule has 3 N–H and O–H groups in total. The van der Waals surface area contributed by atoms with Crippen molar-refractivity contribution in [3.05, 3.63) is 83.5 Å². The average Bonchev–Trinajstić information content (AvgIpc) is 3.81. The third kappa shape index (κ3) is 8.99. The van der Waals surface area contributed by atoms with Crippen LogP contribution in [0, 0.1) is 12.8 Å². The van der Waals surface area contributed by atoms with Gasteiger partial charge in [-0.2, -0.15) is 4.98 Å². The summed E-state index contributed by atoms with van der Waals surface area (Å²) < 4.78 is 33.9. The second-order valence-corrected chi connectivity index (χ2v) is 14.2. The highest BCUT2D eigenvalue weighted by Gasteiger charge is 2.34. The fourth-order valence-electron chi connectivity index (χ4n) is 5.48. The quantitative estimate of drug-likeness (QED) is 0.165. The molecule has 47 heavy (non-hydrogen) atoms. The van der Waals surface area contributed by atoms with Crippen LogP contribution in [0.25, 0.3) is 22.4 Å². The Balaban J connectivity index is 1.57. The lowest BCUT2D eigenvalue weighted by molar-refractivity contribution is -0.125. The molecule has 1 fully saturated rings. The maximum atomic E-state index is 13.2. The van der Waals surface area contributed by atoms with Crippen LogP contribution in [-0.2, 0) is 14.8 Å². The Labute approximate surface area is 277 Å². The van der Waals surface area contributed by atoms with E-state index in [1.807, 2.05) is 68.5 Å². The maximum Gasteiger partial charge on any atom is 0.255 e. The number of pyridine rings is 1. The van der Waals surface area contributed by atoms with Crippen molar-refractivity contribution in [2.24, 2.45) is 5.92 Å². The number of allylic oxidation sites excluding steroid dienone is 4. The van der Waals surface area contributed by atoms with Crippen LogP contribution in [0.1, 0.15) is 73.4 Å². The summed E-state index contributed by atoms with van der Waals surface area (Å²) in [6.45, 7) is 9.54. The Hall–Kier alpha value is -4.22. The molecule has 0 spiro atoms. The van der Waals surface area contributed by atoms with Gasteiger partial charge in [-0.05, 0) is 63.5 Å². The van der Waals surface area contributed by atoms with Crippen LogP contribution in [0.5, 0.6) is 0 Å². The van der Waals surface area contributed by atoms with Crippen LogP contribution in [-0.4, -0.2) is 62.8 Å². The predicted octanol–water partition coefficient (Wildman–Crippen LogP) is 5.78. The molecule has 3 aromatic rings. The molecule has 1 saturated carbocycles. The topological polar surface area (TPSA) is 142 Å². The lowest BCUT2D eigenvalue weighted by Gasteiger charge is -2.25. The zero-order valence-electron chi connectivity index (χ0n) is 27.9. The zero-order valence-corrected chi connectivity index (χ0v) is 28.7. The molecule has 0 bridgehead atoms. The number of amides is 2. The summed E-state index contributed by atoms with van der Waals surface area (Å²) in [6, 6.07) is 9.00. The molecule has 11 heteroatoms. The predicted molar refractivity (Wildman–Crippen MR) is 187 cm³/mol. The number of aryl methyl sites for hydroxylation is 1. The van der Waals surface area contributed by atoms with Gasteiger partial charge in [0.1, 0.15) is 11.6 Å². The van der Waals surface area contributed by atoms with Gasteiger partial charge in [0, 0.05) is 25.1 Å². The monoisotopic (exact) mass is 662 g/mol. The molecule has 1 aliphatic rings. The number of anilines is 1. The van der Waals surface area contributed by atoms with Crippen LogP contribution in [0.3, 0.4) is 0 Å². The Kier molecular flexibility index (Phi) is 11.8.